The molecule has 0 saturated carbocycles. The van der Waals surface area contributed by atoms with Crippen molar-refractivity contribution in [3.63, 3.8) is 0 Å². The van der Waals surface area contributed by atoms with Crippen LogP contribution >= 0.6 is 0 Å². The fourth-order valence-electron chi connectivity index (χ4n) is 11.8. The van der Waals surface area contributed by atoms with Crippen molar-refractivity contribution in [1.29, 1.82) is 0 Å². The lowest BCUT2D eigenvalue weighted by atomic mass is 9.33. The smallest absolute Gasteiger partial charge is 0.252 e. The van der Waals surface area contributed by atoms with Gasteiger partial charge in [0.15, 0.2) is 0 Å². The van der Waals surface area contributed by atoms with Gasteiger partial charge in [-0.15, -0.1) is 0 Å². The van der Waals surface area contributed by atoms with Crippen LogP contribution in [0.3, 0.4) is 0 Å². The molecule has 0 saturated heterocycles. The van der Waals surface area contributed by atoms with E-state index in [1.165, 1.54) is 119 Å². The first kappa shape index (κ1) is 39.8. The highest BCUT2D eigenvalue weighted by Crippen LogP contribution is 2.53. The first-order valence-electron chi connectivity index (χ1n) is 23.1. The molecule has 1 aliphatic carbocycles. The number of para-hydroxylation sites is 2. The topological polar surface area (TPSA) is 19.6 Å². The van der Waals surface area contributed by atoms with Crippen LogP contribution < -0.4 is 26.2 Å². The van der Waals surface area contributed by atoms with Crippen LogP contribution in [0.4, 0.5) is 34.1 Å². The molecule has 11 rings (SSSR count). The zero-order chi connectivity index (χ0) is 44.1. The lowest BCUT2D eigenvalue weighted by Crippen LogP contribution is -2.61. The SMILES string of the molecule is Cc1cc(C)c(-c2cc3c4c(c2)N(c2ccccc2C)c2c(ccc5oc6ccccc6c25)B4c2cc(C(C)(C)C)ccc2N3c2cc3c(cc2C)C(C)(C)CCC3(C)C)c(C)c1. The van der Waals surface area contributed by atoms with E-state index < -0.39 is 0 Å². The van der Waals surface area contributed by atoms with Crippen molar-refractivity contribution in [2.75, 3.05) is 9.80 Å². The molecule has 8 aromatic rings. The summed E-state index contributed by atoms with van der Waals surface area (Å²) in [4.78, 5) is 5.27. The average molecular weight is 823 g/mol. The van der Waals surface area contributed by atoms with E-state index in [9.17, 15) is 0 Å². The molecule has 4 heteroatoms. The summed E-state index contributed by atoms with van der Waals surface area (Å²) in [5, 5.41) is 2.31. The van der Waals surface area contributed by atoms with Crippen molar-refractivity contribution in [1.82, 2.24) is 0 Å². The monoisotopic (exact) mass is 822 g/mol. The highest BCUT2D eigenvalue weighted by Gasteiger charge is 2.46. The van der Waals surface area contributed by atoms with Gasteiger partial charge < -0.3 is 14.2 Å². The van der Waals surface area contributed by atoms with Gasteiger partial charge in [0, 0.05) is 33.8 Å². The summed E-state index contributed by atoms with van der Waals surface area (Å²) in [7, 11) is 0. The van der Waals surface area contributed by atoms with Crippen LogP contribution in [0.15, 0.2) is 120 Å². The van der Waals surface area contributed by atoms with Crippen LogP contribution in [0.2, 0.25) is 0 Å². The highest BCUT2D eigenvalue weighted by atomic mass is 16.3. The van der Waals surface area contributed by atoms with E-state index in [4.69, 9.17) is 4.42 Å². The fraction of sp³-hybridized carbons (Fsp3) is 0.288. The van der Waals surface area contributed by atoms with E-state index in [0.717, 1.165) is 21.9 Å². The zero-order valence-corrected chi connectivity index (χ0v) is 39.3. The number of rotatable bonds is 3. The third kappa shape index (κ3) is 5.86. The predicted molar refractivity (Wildman–Crippen MR) is 271 cm³/mol. The number of hydrogen-bond acceptors (Lipinski definition) is 3. The van der Waals surface area contributed by atoms with Gasteiger partial charge >= 0.3 is 0 Å². The summed E-state index contributed by atoms with van der Waals surface area (Å²) < 4.78 is 6.73. The second-order valence-corrected chi connectivity index (χ2v) is 21.5. The zero-order valence-electron chi connectivity index (χ0n) is 39.3. The number of nitrogens with zero attached hydrogens (tertiary/aromatic N) is 2. The summed E-state index contributed by atoms with van der Waals surface area (Å²) in [5.74, 6) is 0. The molecule has 3 aliphatic rings. The Morgan fingerprint density at radius 1 is 0.540 bits per heavy atom. The Kier molecular flexibility index (Phi) is 8.54. The Balaban J connectivity index is 1.33. The van der Waals surface area contributed by atoms with Gasteiger partial charge in [-0.25, -0.2) is 0 Å². The molecule has 3 nitrogen and oxygen atoms in total. The van der Waals surface area contributed by atoms with Gasteiger partial charge in [-0.2, -0.15) is 0 Å². The molecule has 0 bridgehead atoms. The van der Waals surface area contributed by atoms with Gasteiger partial charge in [-0.05, 0) is 173 Å². The maximum atomic E-state index is 6.73. The molecule has 0 fully saturated rings. The number of fused-ring (bicyclic) bond motifs is 9. The van der Waals surface area contributed by atoms with Crippen molar-refractivity contribution >= 4 is 79.2 Å². The van der Waals surface area contributed by atoms with Crippen molar-refractivity contribution < 1.29 is 4.42 Å². The number of hydrogen-bond donors (Lipinski definition) is 0. The molecule has 314 valence electrons. The van der Waals surface area contributed by atoms with Crippen molar-refractivity contribution in [2.45, 2.75) is 112 Å². The number of anilines is 6. The summed E-state index contributed by atoms with van der Waals surface area (Å²) in [6, 6.07) is 44.4. The van der Waals surface area contributed by atoms with Crippen LogP contribution in [0.1, 0.15) is 106 Å². The lowest BCUT2D eigenvalue weighted by Gasteiger charge is -2.46. The molecule has 0 atom stereocenters. The minimum Gasteiger partial charge on any atom is -0.456 e. The van der Waals surface area contributed by atoms with Gasteiger partial charge in [0.05, 0.1) is 11.1 Å². The van der Waals surface area contributed by atoms with Gasteiger partial charge in [-0.1, -0.05) is 127 Å². The molecular weight excluding hydrogens is 763 g/mol. The Bertz CT molecular complexity index is 3220. The maximum absolute atomic E-state index is 6.73. The standard InChI is InChI=1S/C59H59BN2O/c1-34-27-37(4)53(38(5)28-34)39-30-49-55-50(31-39)62(46-19-15-13-17-35(46)2)56-44(22-24-52-54(56)41-18-14-16-20-51(41)63-52)60(55)45-32-40(57(6,7)8)21-23-47(45)61(49)48-33-43-42(29-36(48)3)58(9,10)25-26-59(43,11)12/h13-24,27-33H,25-26H2,1-12H3. The van der Waals surface area contributed by atoms with Gasteiger partial charge in [-0.3, -0.25) is 0 Å². The van der Waals surface area contributed by atoms with Crippen LogP contribution in [0.25, 0.3) is 33.1 Å². The molecular formula is C59H59BN2O. The third-order valence-electron chi connectivity index (χ3n) is 15.2. The molecule has 3 heterocycles. The van der Waals surface area contributed by atoms with Crippen LogP contribution in [-0.4, -0.2) is 6.71 Å². The average Bonchev–Trinajstić information content (AvgIpc) is 3.61. The summed E-state index contributed by atoms with van der Waals surface area (Å²) >= 11 is 0. The van der Waals surface area contributed by atoms with E-state index in [2.05, 4.69) is 208 Å². The van der Waals surface area contributed by atoms with Crippen molar-refractivity contribution in [3.05, 3.63) is 160 Å². The molecule has 1 aromatic heterocycles. The normalized spacial score (nSPS) is 16.0. The molecule has 0 unspecified atom stereocenters. The van der Waals surface area contributed by atoms with Crippen LogP contribution in [0.5, 0.6) is 0 Å². The van der Waals surface area contributed by atoms with Crippen molar-refractivity contribution in [3.8, 4) is 11.1 Å². The van der Waals surface area contributed by atoms with Crippen LogP contribution in [0, 0.1) is 34.6 Å². The highest BCUT2D eigenvalue weighted by molar-refractivity contribution is 7.00. The third-order valence-corrected chi connectivity index (χ3v) is 15.2. The van der Waals surface area contributed by atoms with E-state index in [1.54, 1.807) is 0 Å². The minimum atomic E-state index is -0.0416. The Hall–Kier alpha value is -6.00. The van der Waals surface area contributed by atoms with Crippen molar-refractivity contribution in [2.24, 2.45) is 0 Å². The number of aryl methyl sites for hydroxylation is 5. The van der Waals surface area contributed by atoms with E-state index in [0.29, 0.717) is 0 Å². The number of benzene rings is 7. The second kappa shape index (κ2) is 13.5. The Labute approximate surface area is 374 Å². The molecule has 0 radical (unpaired) electrons. The molecule has 0 N–H and O–H groups in total. The Morgan fingerprint density at radius 3 is 1.89 bits per heavy atom. The van der Waals surface area contributed by atoms with E-state index in [1.807, 2.05) is 0 Å². The van der Waals surface area contributed by atoms with E-state index >= 15 is 0 Å². The maximum Gasteiger partial charge on any atom is 0.252 e. The fourth-order valence-corrected chi connectivity index (χ4v) is 11.8. The summed E-state index contributed by atoms with van der Waals surface area (Å²) in [5.41, 5.74) is 26.6. The van der Waals surface area contributed by atoms with Crippen LogP contribution in [-0.2, 0) is 16.2 Å². The molecule has 0 amide bonds. The van der Waals surface area contributed by atoms with Gasteiger partial charge in [0.25, 0.3) is 6.71 Å². The quantitative estimate of drug-likeness (QED) is 0.166. The summed E-state index contributed by atoms with van der Waals surface area (Å²) in [6.07, 6.45) is 2.35. The van der Waals surface area contributed by atoms with Gasteiger partial charge in [0.1, 0.15) is 11.2 Å². The van der Waals surface area contributed by atoms with E-state index in [-0.39, 0.29) is 23.0 Å². The molecule has 63 heavy (non-hydrogen) atoms. The Morgan fingerprint density at radius 2 is 1.19 bits per heavy atom. The minimum absolute atomic E-state index is 0.0283. The second-order valence-electron chi connectivity index (χ2n) is 21.5. The largest absolute Gasteiger partial charge is 0.456 e. The number of furan rings is 1. The first-order valence-corrected chi connectivity index (χ1v) is 23.1. The molecule has 2 aliphatic heterocycles. The predicted octanol–water partition coefficient (Wildman–Crippen LogP) is 14.5. The first-order chi connectivity index (χ1) is 29.9. The molecule has 7 aromatic carbocycles. The lowest BCUT2D eigenvalue weighted by molar-refractivity contribution is 0.332. The molecule has 0 spiro atoms. The van der Waals surface area contributed by atoms with Gasteiger partial charge in [0.2, 0.25) is 0 Å². The summed E-state index contributed by atoms with van der Waals surface area (Å²) in [6.45, 7) is 28.2.